The zero-order chi connectivity index (χ0) is 12.6. The molecule has 2 rings (SSSR count). The lowest BCUT2D eigenvalue weighted by Gasteiger charge is -2.05. The first kappa shape index (κ1) is 12.7. The third-order valence-corrected chi connectivity index (χ3v) is 2.79. The molecule has 5 heteroatoms. The van der Waals surface area contributed by atoms with Gasteiger partial charge in [-0.1, -0.05) is 0 Å². The molecule has 18 heavy (non-hydrogen) atoms. The lowest BCUT2D eigenvalue weighted by atomic mass is 10.1. The fourth-order valence-electron chi connectivity index (χ4n) is 1.82. The van der Waals surface area contributed by atoms with Crippen LogP contribution in [0.3, 0.4) is 0 Å². The van der Waals surface area contributed by atoms with Crippen LogP contribution >= 0.6 is 0 Å². The molecule has 0 aliphatic heterocycles. The summed E-state index contributed by atoms with van der Waals surface area (Å²) in [5.74, 6) is 0. The van der Waals surface area contributed by atoms with Crippen LogP contribution in [0.25, 0.3) is 11.3 Å². The highest BCUT2D eigenvalue weighted by molar-refractivity contribution is 5.61. The Labute approximate surface area is 107 Å². The number of nitrogens with two attached hydrogens (primary N) is 1. The van der Waals surface area contributed by atoms with Crippen molar-refractivity contribution in [1.82, 2.24) is 20.5 Å². The molecule has 2 aromatic heterocycles. The van der Waals surface area contributed by atoms with Gasteiger partial charge in [0.1, 0.15) is 0 Å². The Morgan fingerprint density at radius 3 is 3.00 bits per heavy atom. The summed E-state index contributed by atoms with van der Waals surface area (Å²) in [5.41, 5.74) is 8.72. The number of nitrogens with one attached hydrogen (secondary N) is 2. The molecule has 0 atom stereocenters. The van der Waals surface area contributed by atoms with E-state index in [1.165, 1.54) is 0 Å². The molecule has 5 nitrogen and oxygen atoms in total. The van der Waals surface area contributed by atoms with E-state index >= 15 is 0 Å². The number of aromatic amines is 1. The predicted octanol–water partition coefficient (Wildman–Crippen LogP) is 1.30. The number of aromatic nitrogens is 3. The van der Waals surface area contributed by atoms with Gasteiger partial charge in [-0.25, -0.2) is 0 Å². The van der Waals surface area contributed by atoms with Crippen molar-refractivity contribution in [2.24, 2.45) is 5.73 Å². The highest BCUT2D eigenvalue weighted by Gasteiger charge is 2.06. The molecular weight excluding hydrogens is 226 g/mol. The van der Waals surface area contributed by atoms with Crippen molar-refractivity contribution < 1.29 is 0 Å². The Morgan fingerprint density at radius 1 is 1.28 bits per heavy atom. The molecule has 96 valence electrons. The van der Waals surface area contributed by atoms with Gasteiger partial charge in [-0.05, 0) is 38.1 Å². The number of pyridine rings is 1. The van der Waals surface area contributed by atoms with E-state index in [0.717, 1.165) is 49.3 Å². The lowest BCUT2D eigenvalue weighted by Crippen LogP contribution is -2.16. The van der Waals surface area contributed by atoms with Crippen molar-refractivity contribution in [3.05, 3.63) is 36.3 Å². The van der Waals surface area contributed by atoms with Crippen LogP contribution in [0, 0.1) is 0 Å². The summed E-state index contributed by atoms with van der Waals surface area (Å²) in [6.45, 7) is 2.55. The normalized spacial score (nSPS) is 10.7. The van der Waals surface area contributed by atoms with Crippen molar-refractivity contribution in [2.75, 3.05) is 13.1 Å². The van der Waals surface area contributed by atoms with Crippen LogP contribution < -0.4 is 11.1 Å². The molecule has 0 radical (unpaired) electrons. The summed E-state index contributed by atoms with van der Waals surface area (Å²) in [6, 6.07) is 3.95. The second-order valence-electron chi connectivity index (χ2n) is 4.18. The van der Waals surface area contributed by atoms with Crippen molar-refractivity contribution in [3.8, 4) is 11.3 Å². The van der Waals surface area contributed by atoms with E-state index in [1.54, 1.807) is 6.20 Å². The summed E-state index contributed by atoms with van der Waals surface area (Å²) in [5, 5.41) is 10.5. The molecule has 0 saturated carbocycles. The van der Waals surface area contributed by atoms with Gasteiger partial charge in [0, 0.05) is 30.1 Å². The minimum Gasteiger partial charge on any atom is -0.330 e. The standard InChI is InChI=1S/C13H19N5/c14-5-1-2-6-15-9-12-10-17-18-13(12)11-4-3-7-16-8-11/h3-4,7-8,10,15H,1-2,5-6,9,14H2,(H,17,18). The summed E-state index contributed by atoms with van der Waals surface area (Å²) in [7, 11) is 0. The Morgan fingerprint density at radius 2 is 2.22 bits per heavy atom. The van der Waals surface area contributed by atoms with Crippen LogP contribution in [0.2, 0.25) is 0 Å². The monoisotopic (exact) mass is 245 g/mol. The minimum absolute atomic E-state index is 0.758. The predicted molar refractivity (Wildman–Crippen MR) is 71.8 cm³/mol. The van der Waals surface area contributed by atoms with Crippen LogP contribution in [-0.4, -0.2) is 28.3 Å². The first-order chi connectivity index (χ1) is 8.92. The summed E-state index contributed by atoms with van der Waals surface area (Å²) >= 11 is 0. The van der Waals surface area contributed by atoms with Crippen molar-refractivity contribution in [1.29, 1.82) is 0 Å². The fourth-order valence-corrected chi connectivity index (χ4v) is 1.82. The lowest BCUT2D eigenvalue weighted by molar-refractivity contribution is 0.628. The average molecular weight is 245 g/mol. The van der Waals surface area contributed by atoms with Gasteiger partial charge in [0.25, 0.3) is 0 Å². The van der Waals surface area contributed by atoms with Gasteiger partial charge in [0.05, 0.1) is 11.9 Å². The maximum Gasteiger partial charge on any atom is 0.0710 e. The molecule has 0 aliphatic rings. The molecule has 0 amide bonds. The Hall–Kier alpha value is -1.72. The summed E-state index contributed by atoms with van der Waals surface area (Å²) in [6.07, 6.45) is 7.64. The van der Waals surface area contributed by atoms with Crippen LogP contribution in [0.4, 0.5) is 0 Å². The molecule has 0 bridgehead atoms. The third-order valence-electron chi connectivity index (χ3n) is 2.79. The Kier molecular flexibility index (Phi) is 4.87. The van der Waals surface area contributed by atoms with Crippen molar-refractivity contribution >= 4 is 0 Å². The summed E-state index contributed by atoms with van der Waals surface area (Å²) < 4.78 is 0. The molecule has 4 N–H and O–H groups in total. The van der Waals surface area contributed by atoms with E-state index in [2.05, 4.69) is 20.5 Å². The van der Waals surface area contributed by atoms with Crippen LogP contribution in [0.5, 0.6) is 0 Å². The van der Waals surface area contributed by atoms with Crippen LogP contribution in [0.15, 0.2) is 30.7 Å². The molecule has 0 saturated heterocycles. The van der Waals surface area contributed by atoms with Crippen molar-refractivity contribution in [2.45, 2.75) is 19.4 Å². The van der Waals surface area contributed by atoms with Gasteiger partial charge in [-0.15, -0.1) is 0 Å². The fraction of sp³-hybridized carbons (Fsp3) is 0.385. The number of hydrogen-bond donors (Lipinski definition) is 3. The SMILES string of the molecule is NCCCCNCc1cn[nH]c1-c1cccnc1. The largest absolute Gasteiger partial charge is 0.330 e. The molecule has 0 unspecified atom stereocenters. The number of hydrogen-bond acceptors (Lipinski definition) is 4. The van der Waals surface area contributed by atoms with Gasteiger partial charge >= 0.3 is 0 Å². The third kappa shape index (κ3) is 3.38. The average Bonchev–Trinajstić information content (AvgIpc) is 2.88. The van der Waals surface area contributed by atoms with E-state index in [4.69, 9.17) is 5.73 Å². The van der Waals surface area contributed by atoms with E-state index < -0.39 is 0 Å². The molecular formula is C13H19N5. The van der Waals surface area contributed by atoms with E-state index in [9.17, 15) is 0 Å². The molecule has 2 heterocycles. The van der Waals surface area contributed by atoms with E-state index in [-0.39, 0.29) is 0 Å². The van der Waals surface area contributed by atoms with E-state index in [1.807, 2.05) is 24.5 Å². The molecule has 0 fully saturated rings. The second kappa shape index (κ2) is 6.88. The molecule has 2 aromatic rings. The zero-order valence-corrected chi connectivity index (χ0v) is 10.4. The second-order valence-corrected chi connectivity index (χ2v) is 4.18. The number of nitrogens with zero attached hydrogens (tertiary/aromatic N) is 2. The van der Waals surface area contributed by atoms with Gasteiger partial charge in [-0.3, -0.25) is 10.1 Å². The number of rotatable bonds is 7. The topological polar surface area (TPSA) is 79.6 Å². The summed E-state index contributed by atoms with van der Waals surface area (Å²) in [4.78, 5) is 4.12. The molecule has 0 aliphatic carbocycles. The minimum atomic E-state index is 0.758. The number of H-pyrrole nitrogens is 1. The highest BCUT2D eigenvalue weighted by atomic mass is 15.1. The van der Waals surface area contributed by atoms with Gasteiger partial charge in [-0.2, -0.15) is 5.10 Å². The first-order valence-corrected chi connectivity index (χ1v) is 6.25. The first-order valence-electron chi connectivity index (χ1n) is 6.25. The highest BCUT2D eigenvalue weighted by Crippen LogP contribution is 2.19. The number of unbranched alkanes of at least 4 members (excludes halogenated alkanes) is 1. The van der Waals surface area contributed by atoms with Crippen LogP contribution in [0.1, 0.15) is 18.4 Å². The maximum absolute atomic E-state index is 5.46. The smallest absolute Gasteiger partial charge is 0.0710 e. The zero-order valence-electron chi connectivity index (χ0n) is 10.4. The molecule has 0 aromatic carbocycles. The maximum atomic E-state index is 5.46. The van der Waals surface area contributed by atoms with Gasteiger partial charge in [0.15, 0.2) is 0 Å². The Bertz CT molecular complexity index is 451. The van der Waals surface area contributed by atoms with Gasteiger partial charge in [0.2, 0.25) is 0 Å². The Balaban J connectivity index is 1.92. The van der Waals surface area contributed by atoms with Crippen molar-refractivity contribution in [3.63, 3.8) is 0 Å². The van der Waals surface area contributed by atoms with Crippen LogP contribution in [-0.2, 0) is 6.54 Å². The molecule has 0 spiro atoms. The van der Waals surface area contributed by atoms with E-state index in [0.29, 0.717) is 0 Å². The quantitative estimate of drug-likeness (QED) is 0.642. The van der Waals surface area contributed by atoms with Gasteiger partial charge < -0.3 is 11.1 Å².